The molecule has 206 valence electrons. The van der Waals surface area contributed by atoms with E-state index in [9.17, 15) is 31.1 Å². The van der Waals surface area contributed by atoms with Crippen molar-refractivity contribution in [2.75, 3.05) is 31.1 Å². The molecule has 4 N–H and O–H groups in total. The Morgan fingerprint density at radius 2 is 1.29 bits per heavy atom. The average Bonchev–Trinajstić information content (AvgIpc) is 3.29. The van der Waals surface area contributed by atoms with Crippen molar-refractivity contribution in [1.29, 1.82) is 0 Å². The number of aromatic nitrogens is 4. The van der Waals surface area contributed by atoms with Crippen LogP contribution in [0.3, 0.4) is 0 Å². The van der Waals surface area contributed by atoms with Crippen molar-refractivity contribution in [3.05, 3.63) is 59.0 Å². The Hall–Kier alpha value is -4.41. The van der Waals surface area contributed by atoms with Gasteiger partial charge in [0.1, 0.15) is 0 Å². The van der Waals surface area contributed by atoms with Gasteiger partial charge in [-0.05, 0) is 45.8 Å². The summed E-state index contributed by atoms with van der Waals surface area (Å²) in [7, 11) is 0. The third-order valence-electron chi connectivity index (χ3n) is 4.66. The van der Waals surface area contributed by atoms with Crippen LogP contribution < -0.4 is 15.9 Å². The minimum atomic E-state index is -5.08. The van der Waals surface area contributed by atoms with Gasteiger partial charge >= 0.3 is 30.0 Å². The molecule has 0 bridgehead atoms. The molecule has 4 rings (SSSR count). The number of aliphatic carboxylic acids is 2. The highest BCUT2D eigenvalue weighted by molar-refractivity contribution is 5.73. The third-order valence-corrected chi connectivity index (χ3v) is 4.66. The van der Waals surface area contributed by atoms with Gasteiger partial charge in [-0.2, -0.15) is 31.0 Å². The SMILES string of the molecule is O=C(O)C(F)(F)F.O=C(O)C(F)(F)F.[2H]c1cc(-c2ccc(N3CCNCC3)cc2)ccc1-n1nn[nH]c1=O. The van der Waals surface area contributed by atoms with E-state index in [4.69, 9.17) is 21.2 Å². The molecule has 3 aromatic rings. The summed E-state index contributed by atoms with van der Waals surface area (Å²) in [6.45, 7) is 4.04. The van der Waals surface area contributed by atoms with Crippen molar-refractivity contribution in [3.8, 4) is 16.8 Å². The molecule has 0 radical (unpaired) electrons. The Bertz CT molecular complexity index is 1300. The molecule has 0 saturated carbocycles. The van der Waals surface area contributed by atoms with Gasteiger partial charge in [-0.15, -0.1) is 0 Å². The Kier molecular flexibility index (Phi) is 9.42. The number of halogens is 6. The summed E-state index contributed by atoms with van der Waals surface area (Å²) >= 11 is 0. The topological polar surface area (TPSA) is 153 Å². The molecule has 1 fully saturated rings. The van der Waals surface area contributed by atoms with Gasteiger partial charge in [0.05, 0.1) is 7.06 Å². The molecule has 0 spiro atoms. The fourth-order valence-corrected chi connectivity index (χ4v) is 2.87. The number of benzene rings is 2. The van der Waals surface area contributed by atoms with Crippen LogP contribution in [0.25, 0.3) is 16.8 Å². The molecule has 1 aliphatic rings. The molecule has 1 aliphatic heterocycles. The molecule has 2 heterocycles. The molecular formula is C21H20F6N6O5. The van der Waals surface area contributed by atoms with Crippen LogP contribution in [0.4, 0.5) is 32.0 Å². The predicted molar refractivity (Wildman–Crippen MR) is 120 cm³/mol. The Balaban J connectivity index is 0.000000317. The van der Waals surface area contributed by atoms with E-state index in [-0.39, 0.29) is 6.04 Å². The number of carbonyl (C=O) groups is 2. The standard InChI is InChI=1S/C17H18N6O.2C2HF3O2/c24-17-19-20-21-23(17)16-7-3-14(4-8-16)13-1-5-15(6-2-13)22-11-9-18-10-12-22;2*3-2(4,5)1(6)7/h1-8,18H,9-12H2,(H,19,21,24);2*(H,6,7)/i7D;;. The number of hydrogen-bond donors (Lipinski definition) is 4. The number of nitrogens with zero attached hydrogens (tertiary/aromatic N) is 4. The number of aromatic amines is 1. The number of rotatable bonds is 3. The molecular weight excluding hydrogens is 530 g/mol. The van der Waals surface area contributed by atoms with Crippen LogP contribution in [0.15, 0.2) is 53.3 Å². The number of carboxylic acid groups (broad SMARTS) is 2. The van der Waals surface area contributed by atoms with E-state index in [2.05, 4.69) is 50.0 Å². The second-order valence-electron chi connectivity index (χ2n) is 7.27. The van der Waals surface area contributed by atoms with Gasteiger partial charge in [0.25, 0.3) is 0 Å². The molecule has 0 atom stereocenters. The quantitative estimate of drug-likeness (QED) is 0.359. The maximum Gasteiger partial charge on any atom is 0.490 e. The van der Waals surface area contributed by atoms with Gasteiger partial charge in [0, 0.05) is 31.9 Å². The van der Waals surface area contributed by atoms with Gasteiger partial charge in [0.2, 0.25) is 0 Å². The number of hydrogen-bond acceptors (Lipinski definition) is 7. The van der Waals surface area contributed by atoms with E-state index >= 15 is 0 Å². The highest BCUT2D eigenvalue weighted by Gasteiger charge is 2.38. The molecule has 38 heavy (non-hydrogen) atoms. The van der Waals surface area contributed by atoms with E-state index in [1.807, 2.05) is 6.07 Å². The van der Waals surface area contributed by atoms with E-state index in [1.54, 1.807) is 12.1 Å². The molecule has 1 aromatic heterocycles. The Morgan fingerprint density at radius 1 is 0.842 bits per heavy atom. The number of alkyl halides is 6. The van der Waals surface area contributed by atoms with Crippen LogP contribution in [0.1, 0.15) is 1.37 Å². The second-order valence-corrected chi connectivity index (χ2v) is 7.27. The zero-order valence-corrected chi connectivity index (χ0v) is 19.0. The van der Waals surface area contributed by atoms with Gasteiger partial charge < -0.3 is 20.4 Å². The molecule has 0 unspecified atom stereocenters. The Morgan fingerprint density at radius 3 is 1.68 bits per heavy atom. The molecule has 11 nitrogen and oxygen atoms in total. The van der Waals surface area contributed by atoms with E-state index in [0.717, 1.165) is 42.0 Å². The van der Waals surface area contributed by atoms with Crippen molar-refractivity contribution < 1.29 is 47.5 Å². The summed E-state index contributed by atoms with van der Waals surface area (Å²) in [5.41, 5.74) is 3.12. The normalized spacial score (nSPS) is 13.8. The second kappa shape index (κ2) is 12.7. The molecule has 1 saturated heterocycles. The summed E-state index contributed by atoms with van der Waals surface area (Å²) in [4.78, 5) is 31.8. The largest absolute Gasteiger partial charge is 0.490 e. The summed E-state index contributed by atoms with van der Waals surface area (Å²) in [5, 5.41) is 27.0. The summed E-state index contributed by atoms with van der Waals surface area (Å²) in [6.07, 6.45) is -10.2. The summed E-state index contributed by atoms with van der Waals surface area (Å²) in [5.74, 6) is -5.51. The Labute approximate surface area is 210 Å². The van der Waals surface area contributed by atoms with Crippen LogP contribution in [-0.2, 0) is 9.59 Å². The van der Waals surface area contributed by atoms with Crippen molar-refractivity contribution in [3.63, 3.8) is 0 Å². The maximum atomic E-state index is 11.6. The molecule has 17 heteroatoms. The van der Waals surface area contributed by atoms with Crippen molar-refractivity contribution >= 4 is 17.6 Å². The lowest BCUT2D eigenvalue weighted by Crippen LogP contribution is -2.43. The number of carboxylic acids is 2. The van der Waals surface area contributed by atoms with Crippen molar-refractivity contribution in [1.82, 2.24) is 25.5 Å². The lowest BCUT2D eigenvalue weighted by Gasteiger charge is -2.29. The van der Waals surface area contributed by atoms with Crippen molar-refractivity contribution in [2.45, 2.75) is 12.4 Å². The fourth-order valence-electron chi connectivity index (χ4n) is 2.87. The number of anilines is 1. The van der Waals surface area contributed by atoms with Crippen LogP contribution in [-0.4, -0.2) is 80.9 Å². The zero-order valence-electron chi connectivity index (χ0n) is 20.0. The number of piperazine rings is 1. The average molecular weight is 551 g/mol. The maximum absolute atomic E-state index is 11.6. The highest BCUT2D eigenvalue weighted by Crippen LogP contribution is 2.24. The first-order chi connectivity index (χ1) is 18.1. The minimum Gasteiger partial charge on any atom is -0.475 e. The number of nitrogens with one attached hydrogen (secondary N) is 2. The van der Waals surface area contributed by atoms with Gasteiger partial charge in [0.15, 0.2) is 0 Å². The van der Waals surface area contributed by atoms with Crippen molar-refractivity contribution in [2.24, 2.45) is 0 Å². The lowest BCUT2D eigenvalue weighted by molar-refractivity contribution is -0.193. The van der Waals surface area contributed by atoms with Crippen LogP contribution in [0, 0.1) is 0 Å². The minimum absolute atomic E-state index is 0.222. The first kappa shape index (κ1) is 28.2. The van der Waals surface area contributed by atoms with E-state index < -0.39 is 30.0 Å². The van der Waals surface area contributed by atoms with Crippen LogP contribution >= 0.6 is 0 Å². The molecule has 0 aliphatic carbocycles. The fraction of sp³-hybridized carbons (Fsp3) is 0.286. The first-order valence-corrected chi connectivity index (χ1v) is 10.4. The molecule has 2 aromatic carbocycles. The molecule has 0 amide bonds. The van der Waals surface area contributed by atoms with E-state index in [1.165, 1.54) is 5.69 Å². The monoisotopic (exact) mass is 551 g/mol. The number of H-pyrrole nitrogens is 1. The first-order valence-electron chi connectivity index (χ1n) is 10.9. The zero-order chi connectivity index (χ0) is 29.4. The van der Waals surface area contributed by atoms with Crippen LogP contribution in [0.2, 0.25) is 0 Å². The van der Waals surface area contributed by atoms with Gasteiger partial charge in [-0.1, -0.05) is 24.3 Å². The van der Waals surface area contributed by atoms with Gasteiger partial charge in [-0.3, -0.25) is 0 Å². The summed E-state index contributed by atoms with van der Waals surface area (Å²) < 4.78 is 72.7. The van der Waals surface area contributed by atoms with Gasteiger partial charge in [-0.25, -0.2) is 19.5 Å². The summed E-state index contributed by atoms with van der Waals surface area (Å²) in [6, 6.07) is 13.9. The van der Waals surface area contributed by atoms with Crippen LogP contribution in [0.5, 0.6) is 0 Å². The lowest BCUT2D eigenvalue weighted by atomic mass is 10.0. The smallest absolute Gasteiger partial charge is 0.475 e. The third kappa shape index (κ3) is 8.91. The highest BCUT2D eigenvalue weighted by atomic mass is 19.4. The predicted octanol–water partition coefficient (Wildman–Crippen LogP) is 2.30. The number of tetrazole rings is 1. The van der Waals surface area contributed by atoms with E-state index in [0.29, 0.717) is 5.69 Å².